The molecule has 3 aromatic rings. The van der Waals surface area contributed by atoms with Crippen LogP contribution in [-0.2, 0) is 22.3 Å². The monoisotopic (exact) mass is 471 g/mol. The van der Waals surface area contributed by atoms with Gasteiger partial charge in [0.05, 0.1) is 35.5 Å². The molecule has 1 aliphatic rings. The minimum Gasteiger partial charge on any atom is -0.467 e. The van der Waals surface area contributed by atoms with Crippen LogP contribution in [0.1, 0.15) is 28.1 Å². The fourth-order valence-corrected chi connectivity index (χ4v) is 3.68. The maximum Gasteiger partial charge on any atom is 0.416 e. The van der Waals surface area contributed by atoms with Crippen LogP contribution in [0.2, 0.25) is 0 Å². The van der Waals surface area contributed by atoms with Gasteiger partial charge in [-0.25, -0.2) is 0 Å². The molecule has 2 N–H and O–H groups in total. The van der Waals surface area contributed by atoms with Crippen LogP contribution < -0.4 is 15.5 Å². The van der Waals surface area contributed by atoms with Gasteiger partial charge in [0, 0.05) is 18.7 Å². The number of para-hydroxylation sites is 1. The van der Waals surface area contributed by atoms with E-state index < -0.39 is 35.4 Å². The molecule has 1 atom stereocenters. The summed E-state index contributed by atoms with van der Waals surface area (Å²) >= 11 is 0. The number of nitrogens with zero attached hydrogens (tertiary/aromatic N) is 1. The standard InChI is InChI=1S/C24H20F3N3O4/c25-24(26,27)16-5-3-6-17(12-16)30-14-15(11-21(30)31)22(32)29-20-9-2-1-8-19(20)23(33)28-13-18-7-4-10-34-18/h1-10,12,15H,11,13-14H2,(H,28,33)(H,29,32)/t15-/m1/s1. The third-order valence-electron chi connectivity index (χ3n) is 5.41. The van der Waals surface area contributed by atoms with Gasteiger partial charge in [0.25, 0.3) is 5.91 Å². The van der Waals surface area contributed by atoms with Crippen molar-refractivity contribution in [2.75, 3.05) is 16.8 Å². The lowest BCUT2D eigenvalue weighted by atomic mass is 10.1. The van der Waals surface area contributed by atoms with Crippen molar-refractivity contribution in [3.63, 3.8) is 0 Å². The topological polar surface area (TPSA) is 91.6 Å². The summed E-state index contributed by atoms with van der Waals surface area (Å²) in [6.45, 7) is 0.0933. The minimum atomic E-state index is -4.54. The summed E-state index contributed by atoms with van der Waals surface area (Å²) in [5.41, 5.74) is -0.316. The number of carbonyl (C=O) groups is 3. The highest BCUT2D eigenvalue weighted by Crippen LogP contribution is 2.33. The molecule has 0 unspecified atom stereocenters. The predicted octanol–water partition coefficient (Wildman–Crippen LogP) is 4.22. The van der Waals surface area contributed by atoms with Gasteiger partial charge < -0.3 is 20.0 Å². The quantitative estimate of drug-likeness (QED) is 0.563. The molecule has 34 heavy (non-hydrogen) atoms. The first-order chi connectivity index (χ1) is 16.2. The minimum absolute atomic E-state index is 0.0706. The number of halogens is 3. The highest BCUT2D eigenvalue weighted by Gasteiger charge is 2.37. The summed E-state index contributed by atoms with van der Waals surface area (Å²) in [6.07, 6.45) is -3.22. The molecular weight excluding hydrogens is 451 g/mol. The van der Waals surface area contributed by atoms with Crippen LogP contribution >= 0.6 is 0 Å². The molecule has 1 fully saturated rings. The van der Waals surface area contributed by atoms with Crippen LogP contribution in [-0.4, -0.2) is 24.3 Å². The maximum atomic E-state index is 13.0. The Morgan fingerprint density at radius 1 is 1.06 bits per heavy atom. The fourth-order valence-electron chi connectivity index (χ4n) is 3.68. The second-order valence-electron chi connectivity index (χ2n) is 7.75. The number of carbonyl (C=O) groups excluding carboxylic acids is 3. The van der Waals surface area contributed by atoms with E-state index in [1.807, 2.05) is 0 Å². The number of anilines is 2. The highest BCUT2D eigenvalue weighted by atomic mass is 19.4. The van der Waals surface area contributed by atoms with E-state index in [9.17, 15) is 27.6 Å². The molecule has 4 rings (SSSR count). The summed E-state index contributed by atoms with van der Waals surface area (Å²) in [7, 11) is 0. The Morgan fingerprint density at radius 2 is 1.85 bits per heavy atom. The van der Waals surface area contributed by atoms with Crippen molar-refractivity contribution in [3.05, 3.63) is 83.8 Å². The summed E-state index contributed by atoms with van der Waals surface area (Å²) in [5, 5.41) is 5.37. The number of benzene rings is 2. The molecule has 1 aliphatic heterocycles. The summed E-state index contributed by atoms with van der Waals surface area (Å²) < 4.78 is 44.3. The lowest BCUT2D eigenvalue weighted by molar-refractivity contribution is -0.137. The van der Waals surface area contributed by atoms with Gasteiger partial charge in [0.15, 0.2) is 0 Å². The fraction of sp³-hybridized carbons (Fsp3) is 0.208. The van der Waals surface area contributed by atoms with E-state index in [0.717, 1.165) is 12.1 Å². The third-order valence-corrected chi connectivity index (χ3v) is 5.41. The first-order valence-corrected chi connectivity index (χ1v) is 10.4. The van der Waals surface area contributed by atoms with Gasteiger partial charge in [-0.15, -0.1) is 0 Å². The molecule has 3 amide bonds. The van der Waals surface area contributed by atoms with Crippen LogP contribution in [0, 0.1) is 5.92 Å². The summed E-state index contributed by atoms with van der Waals surface area (Å²) in [6, 6.07) is 14.2. The number of hydrogen-bond acceptors (Lipinski definition) is 4. The van der Waals surface area contributed by atoms with Gasteiger partial charge in [0.2, 0.25) is 11.8 Å². The van der Waals surface area contributed by atoms with Gasteiger partial charge in [-0.3, -0.25) is 14.4 Å². The molecule has 0 bridgehead atoms. The molecule has 2 aromatic carbocycles. The van der Waals surface area contributed by atoms with Crippen LogP contribution in [0.4, 0.5) is 24.5 Å². The van der Waals surface area contributed by atoms with Crippen LogP contribution in [0.5, 0.6) is 0 Å². The zero-order valence-corrected chi connectivity index (χ0v) is 17.8. The van der Waals surface area contributed by atoms with Gasteiger partial charge in [-0.05, 0) is 42.5 Å². The van der Waals surface area contributed by atoms with Gasteiger partial charge in [-0.1, -0.05) is 18.2 Å². The normalized spacial score (nSPS) is 15.9. The Labute approximate surface area is 192 Å². The summed E-state index contributed by atoms with van der Waals surface area (Å²) in [4.78, 5) is 39.1. The molecule has 0 spiro atoms. The largest absolute Gasteiger partial charge is 0.467 e. The maximum absolute atomic E-state index is 13.0. The van der Waals surface area contributed by atoms with Crippen molar-refractivity contribution in [2.24, 2.45) is 5.92 Å². The SMILES string of the molecule is O=C(NCc1ccco1)c1ccccc1NC(=O)[C@@H]1CC(=O)N(c2cccc(C(F)(F)F)c2)C1. The Bertz CT molecular complexity index is 1210. The first-order valence-electron chi connectivity index (χ1n) is 10.4. The smallest absolute Gasteiger partial charge is 0.416 e. The lowest BCUT2D eigenvalue weighted by Crippen LogP contribution is -2.29. The van der Waals surface area contributed by atoms with Crippen LogP contribution in [0.25, 0.3) is 0 Å². The van der Waals surface area contributed by atoms with E-state index in [4.69, 9.17) is 4.42 Å². The Balaban J connectivity index is 1.44. The van der Waals surface area contributed by atoms with Crippen LogP contribution in [0.15, 0.2) is 71.3 Å². The van der Waals surface area contributed by atoms with Crippen molar-refractivity contribution in [1.82, 2.24) is 5.32 Å². The zero-order chi connectivity index (χ0) is 24.3. The number of amides is 3. The molecule has 0 radical (unpaired) electrons. The zero-order valence-electron chi connectivity index (χ0n) is 17.8. The number of hydrogen-bond donors (Lipinski definition) is 2. The Morgan fingerprint density at radius 3 is 2.59 bits per heavy atom. The van der Waals surface area contributed by atoms with Crippen molar-refractivity contribution in [3.8, 4) is 0 Å². The van der Waals surface area contributed by atoms with Crippen molar-refractivity contribution < 1.29 is 32.0 Å². The molecule has 1 saturated heterocycles. The van der Waals surface area contributed by atoms with Gasteiger partial charge in [-0.2, -0.15) is 13.2 Å². The molecule has 0 saturated carbocycles. The van der Waals surface area contributed by atoms with Crippen LogP contribution in [0.3, 0.4) is 0 Å². The van der Waals surface area contributed by atoms with E-state index in [-0.39, 0.29) is 36.4 Å². The van der Waals surface area contributed by atoms with Gasteiger partial charge >= 0.3 is 6.18 Å². The highest BCUT2D eigenvalue weighted by molar-refractivity contribution is 6.07. The summed E-state index contributed by atoms with van der Waals surface area (Å²) in [5.74, 6) is -1.62. The Kier molecular flexibility index (Phi) is 6.40. The van der Waals surface area contributed by atoms with E-state index in [1.165, 1.54) is 23.3 Å². The average molecular weight is 471 g/mol. The molecule has 0 aliphatic carbocycles. The number of alkyl halides is 3. The van der Waals surface area contributed by atoms with E-state index >= 15 is 0 Å². The molecule has 2 heterocycles. The lowest BCUT2D eigenvalue weighted by Gasteiger charge is -2.18. The third kappa shape index (κ3) is 5.11. The number of nitrogens with one attached hydrogen (secondary N) is 2. The van der Waals surface area contributed by atoms with E-state index in [2.05, 4.69) is 10.6 Å². The molecule has 10 heteroatoms. The number of rotatable bonds is 6. The predicted molar refractivity (Wildman–Crippen MR) is 117 cm³/mol. The molecule has 1 aromatic heterocycles. The van der Waals surface area contributed by atoms with Gasteiger partial charge in [0.1, 0.15) is 5.76 Å². The molecular formula is C24H20F3N3O4. The Hall–Kier alpha value is -4.08. The molecule has 176 valence electrons. The van der Waals surface area contributed by atoms with Crippen molar-refractivity contribution >= 4 is 29.1 Å². The second kappa shape index (κ2) is 9.42. The van der Waals surface area contributed by atoms with E-state index in [1.54, 1.807) is 36.4 Å². The first kappa shape index (κ1) is 23.1. The second-order valence-corrected chi connectivity index (χ2v) is 7.75. The number of furan rings is 1. The average Bonchev–Trinajstić information content (AvgIpc) is 3.47. The van der Waals surface area contributed by atoms with E-state index in [0.29, 0.717) is 5.76 Å². The van der Waals surface area contributed by atoms with Crippen molar-refractivity contribution in [1.29, 1.82) is 0 Å². The molecule has 7 nitrogen and oxygen atoms in total. The van der Waals surface area contributed by atoms with Crippen molar-refractivity contribution in [2.45, 2.75) is 19.1 Å².